The third-order valence-corrected chi connectivity index (χ3v) is 8.27. The van der Waals surface area contributed by atoms with Gasteiger partial charge in [0.15, 0.2) is 6.29 Å². The minimum absolute atomic E-state index is 0.0315. The quantitative estimate of drug-likeness (QED) is 0.0705. The molecule has 19 heteroatoms. The highest BCUT2D eigenvalue weighted by atomic mass is 16.7. The molecule has 0 aromatic rings. The molecule has 19 nitrogen and oxygen atoms in total. The van der Waals surface area contributed by atoms with Crippen molar-refractivity contribution in [2.45, 2.75) is 98.2 Å². The lowest BCUT2D eigenvalue weighted by Crippen LogP contribution is -2.70. The molecule has 3 aliphatic rings. The number of carbonyl (C=O) groups is 1. The number of urea groups is 1. The van der Waals surface area contributed by atoms with Gasteiger partial charge in [0.1, 0.15) is 24.4 Å². The van der Waals surface area contributed by atoms with E-state index in [0.29, 0.717) is 5.06 Å². The Bertz CT molecular complexity index is 867. The number of ether oxygens (including phenoxy) is 3. The second-order valence-electron chi connectivity index (χ2n) is 11.4. The van der Waals surface area contributed by atoms with Crippen molar-refractivity contribution in [1.82, 2.24) is 15.7 Å². The van der Waals surface area contributed by atoms with Crippen LogP contribution in [0.2, 0.25) is 0 Å². The summed E-state index contributed by atoms with van der Waals surface area (Å²) in [5.41, 5.74) is 24.2. The van der Waals surface area contributed by atoms with Crippen LogP contribution in [0.1, 0.15) is 12.8 Å². The Labute approximate surface area is 248 Å². The van der Waals surface area contributed by atoms with Gasteiger partial charge in [0.2, 0.25) is 0 Å². The van der Waals surface area contributed by atoms with Crippen LogP contribution in [-0.4, -0.2) is 177 Å². The molecule has 43 heavy (non-hydrogen) atoms. The molecule has 3 fully saturated rings. The van der Waals surface area contributed by atoms with Crippen LogP contribution in [0.5, 0.6) is 0 Å². The molecule has 2 unspecified atom stereocenters. The summed E-state index contributed by atoms with van der Waals surface area (Å²) in [6, 6.07) is -4.95. The highest BCUT2D eigenvalue weighted by Gasteiger charge is 2.53. The number of hydrogen-bond donors (Lipinski definition) is 14. The van der Waals surface area contributed by atoms with Crippen molar-refractivity contribution in [3.63, 3.8) is 0 Å². The van der Waals surface area contributed by atoms with Crippen molar-refractivity contribution in [1.29, 1.82) is 0 Å². The zero-order valence-electron chi connectivity index (χ0n) is 23.8. The molecular formula is C24H49N7O12. The summed E-state index contributed by atoms with van der Waals surface area (Å²) in [6.07, 6.45) is -12.4. The second-order valence-corrected chi connectivity index (χ2v) is 11.4. The molecule has 0 aromatic heterocycles. The van der Waals surface area contributed by atoms with Gasteiger partial charge in [0.25, 0.3) is 0 Å². The van der Waals surface area contributed by atoms with Crippen molar-refractivity contribution >= 4 is 6.03 Å². The fourth-order valence-electron chi connectivity index (χ4n) is 5.86. The Morgan fingerprint density at radius 1 is 1.00 bits per heavy atom. The van der Waals surface area contributed by atoms with Crippen LogP contribution in [0.15, 0.2) is 0 Å². The Morgan fingerprint density at radius 2 is 1.70 bits per heavy atom. The van der Waals surface area contributed by atoms with Gasteiger partial charge < -0.3 is 83.5 Å². The minimum atomic E-state index is -1.60. The van der Waals surface area contributed by atoms with E-state index < -0.39 is 111 Å². The molecule has 252 valence electrons. The number of hydrogen-bond acceptors (Lipinski definition) is 17. The zero-order valence-corrected chi connectivity index (χ0v) is 23.8. The molecule has 1 saturated carbocycles. The molecule has 2 heterocycles. The van der Waals surface area contributed by atoms with Crippen molar-refractivity contribution in [3.05, 3.63) is 0 Å². The summed E-state index contributed by atoms with van der Waals surface area (Å²) in [4.78, 5) is 12.6. The monoisotopic (exact) mass is 627 g/mol. The van der Waals surface area contributed by atoms with E-state index in [0.717, 1.165) is 0 Å². The number of aliphatic hydroxyl groups is 7. The van der Waals surface area contributed by atoms with Crippen molar-refractivity contribution in [3.8, 4) is 0 Å². The molecule has 1 aliphatic carbocycles. The Balaban J connectivity index is 1.85. The van der Waals surface area contributed by atoms with Gasteiger partial charge in [0.05, 0.1) is 62.4 Å². The smallest absolute Gasteiger partial charge is 0.341 e. The lowest BCUT2D eigenvalue weighted by molar-refractivity contribution is -0.306. The van der Waals surface area contributed by atoms with Gasteiger partial charge in [-0.2, -0.15) is 0 Å². The summed E-state index contributed by atoms with van der Waals surface area (Å²) in [5, 5.41) is 87.2. The van der Waals surface area contributed by atoms with Gasteiger partial charge in [-0.3, -0.25) is 5.21 Å². The van der Waals surface area contributed by atoms with Crippen molar-refractivity contribution < 1.29 is 60.0 Å². The minimum Gasteiger partial charge on any atom is -0.394 e. The van der Waals surface area contributed by atoms with Gasteiger partial charge in [-0.15, -0.1) is 0 Å². The maximum atomic E-state index is 12.6. The SMILES string of the molecule is NCCN(O)C(=O)N[C@@H]1C[C@H](N)C([C@H]2O[C@H](CNCC(O)CO)[C@@H](O)C[C@H]2N)[C@H](O)[C@H]1O[C@H]1O[C@H](CO)[C@@H](O)[C@H](N)[C@H]1O. The van der Waals surface area contributed by atoms with Crippen molar-refractivity contribution in [2.24, 2.45) is 28.9 Å². The first kappa shape index (κ1) is 36.1. The van der Waals surface area contributed by atoms with E-state index in [1.54, 1.807) is 0 Å². The van der Waals surface area contributed by atoms with Gasteiger partial charge in [-0.25, -0.2) is 9.86 Å². The van der Waals surface area contributed by atoms with Crippen LogP contribution in [0.25, 0.3) is 0 Å². The van der Waals surface area contributed by atoms with Crippen LogP contribution in [0, 0.1) is 5.92 Å². The third-order valence-electron chi connectivity index (χ3n) is 8.27. The first-order chi connectivity index (χ1) is 20.3. The molecule has 2 saturated heterocycles. The van der Waals surface area contributed by atoms with Gasteiger partial charge >= 0.3 is 6.03 Å². The molecule has 3 rings (SSSR count). The summed E-state index contributed by atoms with van der Waals surface area (Å²) in [6.45, 7) is -1.24. The van der Waals surface area contributed by atoms with E-state index in [1.165, 1.54) is 0 Å². The fourth-order valence-corrected chi connectivity index (χ4v) is 5.86. The lowest BCUT2D eigenvalue weighted by atomic mass is 9.72. The molecular weight excluding hydrogens is 578 g/mol. The third kappa shape index (κ3) is 8.67. The maximum Gasteiger partial charge on any atom is 0.341 e. The standard InChI is InChI=1S/C24H49N7O12/c25-1-2-31(40)24(39)30-12-3-10(26)16(21-11(27)4-13(35)14(41-21)6-29-5-9(34)7-32)19(37)22(12)43-23-20(38)17(28)18(36)15(8-33)42-23/h9-23,29,32-38,40H,1-8,25-28H2,(H,30,39)/t9?,10-,11+,12+,13-,14+,15+,16?,17-,18+,19-,20+,21-,22-,23+/m0/s1. The predicted octanol–water partition coefficient (Wildman–Crippen LogP) is -7.64. The number of nitrogens with two attached hydrogens (primary N) is 4. The molecule has 2 aliphatic heterocycles. The summed E-state index contributed by atoms with van der Waals surface area (Å²) in [7, 11) is 0. The van der Waals surface area contributed by atoms with Crippen LogP contribution in [0.3, 0.4) is 0 Å². The molecule has 0 spiro atoms. The maximum absolute atomic E-state index is 12.6. The van der Waals surface area contributed by atoms with E-state index in [4.69, 9.17) is 42.3 Å². The average molecular weight is 628 g/mol. The Kier molecular flexibility index (Phi) is 13.7. The first-order valence-corrected chi connectivity index (χ1v) is 14.4. The van der Waals surface area contributed by atoms with E-state index in [1.807, 2.05) is 0 Å². The average Bonchev–Trinajstić information content (AvgIpc) is 2.96. The summed E-state index contributed by atoms with van der Waals surface area (Å²) in [5.74, 6) is -0.936. The number of carbonyl (C=O) groups excluding carboxylic acids is 1. The normalized spacial score (nSPS) is 42.8. The van der Waals surface area contributed by atoms with Gasteiger partial charge in [0, 0.05) is 37.6 Å². The molecule has 18 N–H and O–H groups in total. The van der Waals surface area contributed by atoms with Crippen LogP contribution >= 0.6 is 0 Å². The lowest BCUT2D eigenvalue weighted by Gasteiger charge is -2.51. The van der Waals surface area contributed by atoms with E-state index >= 15 is 0 Å². The Morgan fingerprint density at radius 3 is 2.33 bits per heavy atom. The molecule has 0 aromatic carbocycles. The first-order valence-electron chi connectivity index (χ1n) is 14.4. The highest BCUT2D eigenvalue weighted by Crippen LogP contribution is 2.36. The number of hydroxylamine groups is 2. The predicted molar refractivity (Wildman–Crippen MR) is 146 cm³/mol. The van der Waals surface area contributed by atoms with Crippen LogP contribution in [0.4, 0.5) is 4.79 Å². The van der Waals surface area contributed by atoms with E-state index in [-0.39, 0.29) is 39.0 Å². The highest BCUT2D eigenvalue weighted by molar-refractivity contribution is 5.73. The van der Waals surface area contributed by atoms with Gasteiger partial charge in [-0.05, 0) is 12.8 Å². The molecule has 0 radical (unpaired) electrons. The Hall–Kier alpha value is -1.37. The number of rotatable bonds is 12. The van der Waals surface area contributed by atoms with Crippen molar-refractivity contribution in [2.75, 3.05) is 39.4 Å². The number of amides is 2. The number of nitrogens with zero attached hydrogens (tertiary/aromatic N) is 1. The van der Waals surface area contributed by atoms with Crippen LogP contribution < -0.4 is 33.6 Å². The molecule has 0 bridgehead atoms. The summed E-state index contributed by atoms with van der Waals surface area (Å²) < 4.78 is 17.6. The van der Waals surface area contributed by atoms with E-state index in [2.05, 4.69) is 10.6 Å². The fraction of sp³-hybridized carbons (Fsp3) is 0.958. The second kappa shape index (κ2) is 16.3. The van der Waals surface area contributed by atoms with E-state index in [9.17, 15) is 40.6 Å². The van der Waals surface area contributed by atoms with Gasteiger partial charge in [-0.1, -0.05) is 0 Å². The zero-order chi connectivity index (χ0) is 32.0. The number of aliphatic hydroxyl groups excluding tert-OH is 7. The molecule has 2 amide bonds. The summed E-state index contributed by atoms with van der Waals surface area (Å²) >= 11 is 0. The topological polar surface area (TPSA) is 338 Å². The molecule has 15 atom stereocenters. The largest absolute Gasteiger partial charge is 0.394 e. The number of nitrogens with one attached hydrogen (secondary N) is 2. The van der Waals surface area contributed by atoms with Crippen LogP contribution in [-0.2, 0) is 14.2 Å².